The monoisotopic (exact) mass is 640 g/mol. The summed E-state index contributed by atoms with van der Waals surface area (Å²) in [7, 11) is 0. The third-order valence-corrected chi connectivity index (χ3v) is 9.48. The van der Waals surface area contributed by atoms with Crippen molar-refractivity contribution >= 4 is 43.6 Å². The summed E-state index contributed by atoms with van der Waals surface area (Å²) in [6, 6.07) is 54.6. The van der Waals surface area contributed by atoms with Crippen molar-refractivity contribution in [2.75, 3.05) is 0 Å². The standard InChI is InChI=1S/C44H28N6/c1-4-13-29(14-5-1)42-46-43(30-15-6-2-7-16-30)48-44(47-42)50-37-21-11-10-19-34(37)35-24-23-31(27-39(35)50)33-20-12-22-38-41(33)36-25-26-45-28-40(36)49(38)32-17-8-3-9-18-32/h1-28H. The summed E-state index contributed by atoms with van der Waals surface area (Å²) < 4.78 is 4.49. The summed E-state index contributed by atoms with van der Waals surface area (Å²) >= 11 is 0. The zero-order chi connectivity index (χ0) is 33.0. The zero-order valence-electron chi connectivity index (χ0n) is 26.8. The first-order valence-corrected chi connectivity index (χ1v) is 16.7. The highest BCUT2D eigenvalue weighted by Gasteiger charge is 2.20. The molecule has 234 valence electrons. The molecule has 50 heavy (non-hydrogen) atoms. The van der Waals surface area contributed by atoms with Crippen molar-refractivity contribution in [3.8, 4) is 45.5 Å². The number of pyridine rings is 1. The Morgan fingerprint density at radius 3 is 1.78 bits per heavy atom. The van der Waals surface area contributed by atoms with Gasteiger partial charge < -0.3 is 4.57 Å². The van der Waals surface area contributed by atoms with Crippen molar-refractivity contribution in [2.45, 2.75) is 0 Å². The fraction of sp³-hybridized carbons (Fsp3) is 0. The normalized spacial score (nSPS) is 11.6. The van der Waals surface area contributed by atoms with E-state index in [1.54, 1.807) is 0 Å². The molecule has 6 nitrogen and oxygen atoms in total. The minimum absolute atomic E-state index is 0.575. The summed E-state index contributed by atoms with van der Waals surface area (Å²) in [5.41, 5.74) is 9.50. The van der Waals surface area contributed by atoms with Crippen molar-refractivity contribution in [3.05, 3.63) is 170 Å². The first-order valence-electron chi connectivity index (χ1n) is 16.7. The van der Waals surface area contributed by atoms with Gasteiger partial charge in [-0.25, -0.2) is 4.98 Å². The van der Waals surface area contributed by atoms with Crippen LogP contribution in [0.15, 0.2) is 170 Å². The van der Waals surface area contributed by atoms with Gasteiger partial charge in [0, 0.05) is 44.6 Å². The Hall–Kier alpha value is -6.92. The number of rotatable bonds is 5. The van der Waals surface area contributed by atoms with E-state index in [0.29, 0.717) is 17.6 Å². The SMILES string of the molecule is c1ccc(-c2nc(-c3ccccc3)nc(-n3c4ccccc4c4ccc(-c5cccc6c5c5ccncc5n6-c5ccccc5)cc43)n2)cc1. The maximum atomic E-state index is 5.13. The number of para-hydroxylation sites is 2. The van der Waals surface area contributed by atoms with Crippen LogP contribution in [0.3, 0.4) is 0 Å². The topological polar surface area (TPSA) is 61.4 Å². The number of fused-ring (bicyclic) bond motifs is 6. The zero-order valence-corrected chi connectivity index (χ0v) is 26.8. The number of aromatic nitrogens is 6. The van der Waals surface area contributed by atoms with E-state index in [1.807, 2.05) is 79.1 Å². The molecule has 6 heteroatoms. The van der Waals surface area contributed by atoms with Crippen LogP contribution in [0.2, 0.25) is 0 Å². The molecular formula is C44H28N6. The van der Waals surface area contributed by atoms with Gasteiger partial charge in [0.1, 0.15) is 0 Å². The van der Waals surface area contributed by atoms with Crippen molar-refractivity contribution in [3.63, 3.8) is 0 Å². The van der Waals surface area contributed by atoms with E-state index in [-0.39, 0.29) is 0 Å². The Labute approximate surface area is 287 Å². The Morgan fingerprint density at radius 1 is 0.400 bits per heavy atom. The average Bonchev–Trinajstić information content (AvgIpc) is 3.71. The molecular weight excluding hydrogens is 613 g/mol. The maximum Gasteiger partial charge on any atom is 0.238 e. The first-order chi connectivity index (χ1) is 24.8. The van der Waals surface area contributed by atoms with Crippen molar-refractivity contribution in [1.82, 2.24) is 29.1 Å². The minimum Gasteiger partial charge on any atom is -0.308 e. The largest absolute Gasteiger partial charge is 0.308 e. The molecule has 6 aromatic carbocycles. The van der Waals surface area contributed by atoms with E-state index in [0.717, 1.165) is 66.2 Å². The predicted octanol–water partition coefficient (Wildman–Crippen LogP) is 10.5. The van der Waals surface area contributed by atoms with Gasteiger partial charge in [-0.3, -0.25) is 9.55 Å². The predicted molar refractivity (Wildman–Crippen MR) is 203 cm³/mol. The Kier molecular flexibility index (Phi) is 6.39. The van der Waals surface area contributed by atoms with Gasteiger partial charge in [0.2, 0.25) is 5.95 Å². The second-order valence-electron chi connectivity index (χ2n) is 12.4. The average molecular weight is 641 g/mol. The lowest BCUT2D eigenvalue weighted by atomic mass is 9.98. The molecule has 0 bridgehead atoms. The minimum atomic E-state index is 0.575. The molecule has 4 heterocycles. The lowest BCUT2D eigenvalue weighted by Crippen LogP contribution is -2.06. The molecule has 0 aliphatic rings. The Morgan fingerprint density at radius 2 is 1.04 bits per heavy atom. The lowest BCUT2D eigenvalue weighted by Gasteiger charge is -2.12. The van der Waals surface area contributed by atoms with Gasteiger partial charge in [-0.1, -0.05) is 121 Å². The van der Waals surface area contributed by atoms with Crippen LogP contribution < -0.4 is 0 Å². The van der Waals surface area contributed by atoms with Gasteiger partial charge in [0.15, 0.2) is 11.6 Å². The van der Waals surface area contributed by atoms with Crippen LogP contribution in [0.25, 0.3) is 89.2 Å². The fourth-order valence-electron chi connectivity index (χ4n) is 7.26. The molecule has 0 saturated carbocycles. The molecule has 10 aromatic rings. The van der Waals surface area contributed by atoms with Gasteiger partial charge in [-0.05, 0) is 47.5 Å². The molecule has 4 aromatic heterocycles. The summed E-state index contributed by atoms with van der Waals surface area (Å²) in [6.45, 7) is 0. The van der Waals surface area contributed by atoms with E-state index in [2.05, 4.69) is 105 Å². The van der Waals surface area contributed by atoms with Crippen molar-refractivity contribution in [2.24, 2.45) is 0 Å². The summed E-state index contributed by atoms with van der Waals surface area (Å²) in [5.74, 6) is 1.83. The van der Waals surface area contributed by atoms with Gasteiger partial charge in [0.05, 0.1) is 28.3 Å². The number of hydrogen-bond donors (Lipinski definition) is 0. The number of nitrogens with zero attached hydrogens (tertiary/aromatic N) is 6. The molecule has 0 spiro atoms. The van der Waals surface area contributed by atoms with Crippen LogP contribution in [0.4, 0.5) is 0 Å². The highest BCUT2D eigenvalue weighted by atomic mass is 15.2. The molecule has 0 amide bonds. The van der Waals surface area contributed by atoms with Crippen LogP contribution in [-0.2, 0) is 0 Å². The van der Waals surface area contributed by atoms with Crippen LogP contribution in [0.1, 0.15) is 0 Å². The third-order valence-electron chi connectivity index (χ3n) is 9.48. The fourth-order valence-corrected chi connectivity index (χ4v) is 7.26. The molecule has 10 rings (SSSR count). The second kappa shape index (κ2) is 11.4. The van der Waals surface area contributed by atoms with Gasteiger partial charge in [-0.2, -0.15) is 9.97 Å². The van der Waals surface area contributed by atoms with Gasteiger partial charge in [-0.15, -0.1) is 0 Å². The van der Waals surface area contributed by atoms with Crippen LogP contribution in [0, 0.1) is 0 Å². The lowest BCUT2D eigenvalue weighted by molar-refractivity contribution is 0.953. The molecule has 0 unspecified atom stereocenters. The third kappa shape index (κ3) is 4.43. The van der Waals surface area contributed by atoms with Crippen molar-refractivity contribution < 1.29 is 0 Å². The van der Waals surface area contributed by atoms with Crippen LogP contribution in [0.5, 0.6) is 0 Å². The second-order valence-corrected chi connectivity index (χ2v) is 12.4. The Balaban J connectivity index is 1.25. The van der Waals surface area contributed by atoms with Gasteiger partial charge in [0.25, 0.3) is 0 Å². The molecule has 0 saturated heterocycles. The number of hydrogen-bond acceptors (Lipinski definition) is 4. The van der Waals surface area contributed by atoms with E-state index >= 15 is 0 Å². The van der Waals surface area contributed by atoms with Gasteiger partial charge >= 0.3 is 0 Å². The highest BCUT2D eigenvalue weighted by Crippen LogP contribution is 2.40. The molecule has 0 fully saturated rings. The van der Waals surface area contributed by atoms with E-state index < -0.39 is 0 Å². The highest BCUT2D eigenvalue weighted by molar-refractivity contribution is 6.17. The molecule has 0 atom stereocenters. The number of benzene rings is 6. The van der Waals surface area contributed by atoms with E-state index in [9.17, 15) is 0 Å². The smallest absolute Gasteiger partial charge is 0.238 e. The van der Waals surface area contributed by atoms with Crippen molar-refractivity contribution in [1.29, 1.82) is 0 Å². The Bertz CT molecular complexity index is 2800. The summed E-state index contributed by atoms with van der Waals surface area (Å²) in [5, 5.41) is 4.62. The molecule has 0 aliphatic carbocycles. The molecule has 0 N–H and O–H groups in total. The van der Waals surface area contributed by atoms with E-state index in [4.69, 9.17) is 15.0 Å². The van der Waals surface area contributed by atoms with Crippen LogP contribution in [-0.4, -0.2) is 29.1 Å². The van der Waals surface area contributed by atoms with E-state index in [1.165, 1.54) is 5.39 Å². The molecule has 0 radical (unpaired) electrons. The molecule has 0 aliphatic heterocycles. The summed E-state index contributed by atoms with van der Waals surface area (Å²) in [6.07, 6.45) is 3.84. The first kappa shape index (κ1) is 28.1. The quantitative estimate of drug-likeness (QED) is 0.188. The summed E-state index contributed by atoms with van der Waals surface area (Å²) in [4.78, 5) is 19.7. The van der Waals surface area contributed by atoms with Crippen LogP contribution >= 0.6 is 0 Å². The maximum absolute atomic E-state index is 5.13.